The summed E-state index contributed by atoms with van der Waals surface area (Å²) in [6.07, 6.45) is 0. The van der Waals surface area contributed by atoms with Gasteiger partial charge in [-0.15, -0.1) is 0 Å². The van der Waals surface area contributed by atoms with Crippen LogP contribution in [0.5, 0.6) is 0 Å². The topological polar surface area (TPSA) is 46.2 Å². The Balaban J connectivity index is 2.27. The van der Waals surface area contributed by atoms with Gasteiger partial charge >= 0.3 is 0 Å². The van der Waals surface area contributed by atoms with Crippen LogP contribution in [0.15, 0.2) is 41.3 Å². The Morgan fingerprint density at radius 2 is 1.64 bits per heavy atom. The van der Waals surface area contributed by atoms with Crippen molar-refractivity contribution in [2.24, 2.45) is 0 Å². The average molecular weight is 321 g/mol. The molecule has 2 aromatic carbocycles. The molecular weight excluding hydrogens is 301 g/mol. The first-order valence-electron chi connectivity index (χ1n) is 7.06. The van der Waals surface area contributed by atoms with Gasteiger partial charge in [-0.3, -0.25) is 0 Å². The second-order valence-corrected chi connectivity index (χ2v) is 7.31. The zero-order valence-corrected chi connectivity index (χ0v) is 14.0. The summed E-state index contributed by atoms with van der Waals surface area (Å²) >= 11 is 0. The van der Waals surface area contributed by atoms with E-state index in [1.54, 1.807) is 13.8 Å². The summed E-state index contributed by atoms with van der Waals surface area (Å²) in [7, 11) is -3.69. The van der Waals surface area contributed by atoms with Crippen molar-refractivity contribution >= 4 is 10.0 Å². The fraction of sp³-hybridized carbons (Fsp3) is 0.294. The van der Waals surface area contributed by atoms with E-state index >= 15 is 0 Å². The predicted molar refractivity (Wildman–Crippen MR) is 85.8 cm³/mol. The fourth-order valence-corrected chi connectivity index (χ4v) is 3.50. The van der Waals surface area contributed by atoms with Gasteiger partial charge in [0.1, 0.15) is 5.82 Å². The van der Waals surface area contributed by atoms with Crippen LogP contribution in [-0.4, -0.2) is 8.42 Å². The molecule has 1 atom stereocenters. The van der Waals surface area contributed by atoms with Crippen LogP contribution in [0.2, 0.25) is 0 Å². The molecule has 2 rings (SSSR count). The molecule has 22 heavy (non-hydrogen) atoms. The minimum absolute atomic E-state index is 0.0714. The summed E-state index contributed by atoms with van der Waals surface area (Å²) in [5.41, 5.74) is 3.47. The Kier molecular flexibility index (Phi) is 4.68. The van der Waals surface area contributed by atoms with Crippen molar-refractivity contribution in [3.05, 3.63) is 64.5 Å². The van der Waals surface area contributed by atoms with Gasteiger partial charge in [-0.25, -0.2) is 17.5 Å². The Bertz CT molecular complexity index is 800. The number of sulfonamides is 1. The molecule has 0 saturated carbocycles. The first-order valence-corrected chi connectivity index (χ1v) is 8.54. The van der Waals surface area contributed by atoms with Gasteiger partial charge in [-0.2, -0.15) is 0 Å². The van der Waals surface area contributed by atoms with E-state index in [4.69, 9.17) is 0 Å². The highest BCUT2D eigenvalue weighted by molar-refractivity contribution is 7.89. The maximum Gasteiger partial charge on any atom is 0.241 e. The summed E-state index contributed by atoms with van der Waals surface area (Å²) in [4.78, 5) is 0.0714. The number of nitrogens with one attached hydrogen (secondary N) is 1. The molecule has 0 aromatic heterocycles. The summed E-state index contributed by atoms with van der Waals surface area (Å²) in [5, 5.41) is 0. The summed E-state index contributed by atoms with van der Waals surface area (Å²) in [6.45, 7) is 7.33. The van der Waals surface area contributed by atoms with Crippen molar-refractivity contribution in [1.82, 2.24) is 4.72 Å². The SMILES string of the molecule is Cc1ccc([C@@H](C)NS(=O)(=O)c2ccc(F)c(C)c2)cc1C. The molecule has 1 N–H and O–H groups in total. The molecule has 0 bridgehead atoms. The maximum absolute atomic E-state index is 13.3. The van der Waals surface area contributed by atoms with Crippen molar-refractivity contribution in [3.63, 3.8) is 0 Å². The van der Waals surface area contributed by atoms with Gasteiger partial charge in [0, 0.05) is 6.04 Å². The second kappa shape index (κ2) is 6.18. The largest absolute Gasteiger partial charge is 0.241 e. The van der Waals surface area contributed by atoms with Crippen LogP contribution in [0.4, 0.5) is 4.39 Å². The normalized spacial score (nSPS) is 13.1. The van der Waals surface area contributed by atoms with Gasteiger partial charge in [0.25, 0.3) is 0 Å². The third kappa shape index (κ3) is 3.54. The first-order chi connectivity index (χ1) is 10.2. The lowest BCUT2D eigenvalue weighted by Crippen LogP contribution is -2.27. The highest BCUT2D eigenvalue weighted by Gasteiger charge is 2.19. The molecule has 118 valence electrons. The summed E-state index contributed by atoms with van der Waals surface area (Å²) < 4.78 is 40.7. The fourth-order valence-electron chi connectivity index (χ4n) is 2.19. The second-order valence-electron chi connectivity index (χ2n) is 5.60. The Hall–Kier alpha value is -1.72. The number of halogens is 1. The molecule has 3 nitrogen and oxygen atoms in total. The van der Waals surface area contributed by atoms with Gasteiger partial charge in [0.15, 0.2) is 0 Å². The van der Waals surface area contributed by atoms with Gasteiger partial charge in [-0.05, 0) is 68.1 Å². The van der Waals surface area contributed by atoms with Crippen LogP contribution in [0.25, 0.3) is 0 Å². The summed E-state index contributed by atoms with van der Waals surface area (Å²) in [6, 6.07) is 9.27. The highest BCUT2D eigenvalue weighted by Crippen LogP contribution is 2.20. The molecule has 0 spiro atoms. The minimum atomic E-state index is -3.69. The van der Waals surface area contributed by atoms with Crippen LogP contribution in [0.3, 0.4) is 0 Å². The third-order valence-corrected chi connectivity index (χ3v) is 5.34. The van der Waals surface area contributed by atoms with Crippen LogP contribution >= 0.6 is 0 Å². The standard InChI is InChI=1S/C17H20FNO2S/c1-11-5-6-15(9-12(11)2)14(4)19-22(20,21)16-7-8-17(18)13(3)10-16/h5-10,14,19H,1-4H3/t14-/m1/s1. The molecule has 0 aliphatic heterocycles. The number of rotatable bonds is 4. The molecule has 0 aliphatic carbocycles. The molecular formula is C17H20FNO2S. The lowest BCUT2D eigenvalue weighted by atomic mass is 10.0. The molecule has 0 saturated heterocycles. The number of benzene rings is 2. The minimum Gasteiger partial charge on any atom is -0.207 e. The van der Waals surface area contributed by atoms with E-state index in [1.165, 1.54) is 18.2 Å². The van der Waals surface area contributed by atoms with E-state index < -0.39 is 15.8 Å². The lowest BCUT2D eigenvalue weighted by molar-refractivity contribution is 0.565. The zero-order chi connectivity index (χ0) is 16.5. The number of hydrogen-bond acceptors (Lipinski definition) is 2. The smallest absolute Gasteiger partial charge is 0.207 e. The monoisotopic (exact) mass is 321 g/mol. The van der Waals surface area contributed by atoms with Crippen LogP contribution in [-0.2, 0) is 10.0 Å². The van der Waals surface area contributed by atoms with Crippen molar-refractivity contribution < 1.29 is 12.8 Å². The van der Waals surface area contributed by atoms with Gasteiger partial charge < -0.3 is 0 Å². The molecule has 0 heterocycles. The van der Waals surface area contributed by atoms with E-state index in [9.17, 15) is 12.8 Å². The van der Waals surface area contributed by atoms with Crippen LogP contribution in [0, 0.1) is 26.6 Å². The molecule has 0 fully saturated rings. The Morgan fingerprint density at radius 1 is 0.955 bits per heavy atom. The van der Waals surface area contributed by atoms with E-state index in [0.717, 1.165) is 16.7 Å². The quantitative estimate of drug-likeness (QED) is 0.931. The van der Waals surface area contributed by atoms with Crippen LogP contribution < -0.4 is 4.72 Å². The van der Waals surface area contributed by atoms with E-state index in [1.807, 2.05) is 32.0 Å². The third-order valence-electron chi connectivity index (χ3n) is 3.80. The molecule has 5 heteroatoms. The Morgan fingerprint density at radius 3 is 2.23 bits per heavy atom. The van der Waals surface area contributed by atoms with Crippen molar-refractivity contribution in [1.29, 1.82) is 0 Å². The molecule has 0 radical (unpaired) electrons. The predicted octanol–water partition coefficient (Wildman–Crippen LogP) is 3.79. The molecule has 0 aliphatic rings. The molecule has 0 unspecified atom stereocenters. The first kappa shape index (κ1) is 16.6. The van der Waals surface area contributed by atoms with E-state index in [-0.39, 0.29) is 10.9 Å². The van der Waals surface area contributed by atoms with Crippen molar-refractivity contribution in [2.45, 2.75) is 38.6 Å². The van der Waals surface area contributed by atoms with Gasteiger partial charge in [0.05, 0.1) is 4.90 Å². The maximum atomic E-state index is 13.3. The van der Waals surface area contributed by atoms with Crippen LogP contribution in [0.1, 0.15) is 35.2 Å². The zero-order valence-electron chi connectivity index (χ0n) is 13.1. The Labute approximate surface area is 131 Å². The van der Waals surface area contributed by atoms with Gasteiger partial charge in [-0.1, -0.05) is 18.2 Å². The average Bonchev–Trinajstić information content (AvgIpc) is 2.44. The number of hydrogen-bond donors (Lipinski definition) is 1. The summed E-state index contributed by atoms with van der Waals surface area (Å²) in [5.74, 6) is -0.416. The van der Waals surface area contributed by atoms with Gasteiger partial charge in [0.2, 0.25) is 10.0 Å². The molecule has 2 aromatic rings. The van der Waals surface area contributed by atoms with E-state index in [0.29, 0.717) is 5.56 Å². The van der Waals surface area contributed by atoms with E-state index in [2.05, 4.69) is 4.72 Å². The lowest BCUT2D eigenvalue weighted by Gasteiger charge is -2.16. The highest BCUT2D eigenvalue weighted by atomic mass is 32.2. The van der Waals surface area contributed by atoms with Crippen molar-refractivity contribution in [3.8, 4) is 0 Å². The number of aryl methyl sites for hydroxylation is 3. The van der Waals surface area contributed by atoms with Crippen molar-refractivity contribution in [2.75, 3.05) is 0 Å². The molecule has 0 amide bonds.